The van der Waals surface area contributed by atoms with E-state index in [1.807, 2.05) is 54.6 Å². The largest absolute Gasteiger partial charge is 0.497 e. The zero-order chi connectivity index (χ0) is 15.1. The molecular weight excluding hydrogens is 264 g/mol. The monoisotopic (exact) mass is 284 g/mol. The molecule has 2 aromatic rings. The third-order valence-corrected chi connectivity index (χ3v) is 3.26. The summed E-state index contributed by atoms with van der Waals surface area (Å²) in [6, 6.07) is 16.8. The molecule has 0 heterocycles. The Hall–Kier alpha value is -2.33. The van der Waals surface area contributed by atoms with Crippen LogP contribution in [0.15, 0.2) is 54.6 Å². The second kappa shape index (κ2) is 7.45. The Morgan fingerprint density at radius 2 is 1.76 bits per heavy atom. The zero-order valence-electron chi connectivity index (χ0n) is 12.1. The summed E-state index contributed by atoms with van der Waals surface area (Å²) in [4.78, 5) is 12.0. The van der Waals surface area contributed by atoms with Crippen LogP contribution in [0.4, 0.5) is 0 Å². The summed E-state index contributed by atoms with van der Waals surface area (Å²) in [6.07, 6.45) is 0.505. The summed E-state index contributed by atoms with van der Waals surface area (Å²) in [5.41, 5.74) is 8.01. The highest BCUT2D eigenvalue weighted by atomic mass is 16.5. The minimum Gasteiger partial charge on any atom is -0.497 e. The van der Waals surface area contributed by atoms with Crippen molar-refractivity contribution in [3.8, 4) is 5.75 Å². The molecule has 1 amide bonds. The van der Waals surface area contributed by atoms with Gasteiger partial charge in [-0.25, -0.2) is 0 Å². The maximum atomic E-state index is 12.0. The summed E-state index contributed by atoms with van der Waals surface area (Å²) in [5.74, 6) is 0.649. The third-order valence-electron chi connectivity index (χ3n) is 3.26. The van der Waals surface area contributed by atoms with Crippen LogP contribution in [0.3, 0.4) is 0 Å². The van der Waals surface area contributed by atoms with E-state index in [9.17, 15) is 4.79 Å². The van der Waals surface area contributed by atoms with Crippen LogP contribution in [0.25, 0.3) is 0 Å². The molecule has 0 saturated carbocycles. The van der Waals surface area contributed by atoms with Crippen LogP contribution in [0.2, 0.25) is 0 Å². The van der Waals surface area contributed by atoms with Crippen LogP contribution in [0, 0.1) is 0 Å². The third kappa shape index (κ3) is 4.61. The molecule has 4 nitrogen and oxygen atoms in total. The summed E-state index contributed by atoms with van der Waals surface area (Å²) in [7, 11) is 1.62. The molecule has 0 fully saturated rings. The van der Waals surface area contributed by atoms with Crippen molar-refractivity contribution < 1.29 is 9.53 Å². The molecule has 4 heteroatoms. The highest BCUT2D eigenvalue weighted by Gasteiger charge is 2.13. The fraction of sp³-hybridized carbons (Fsp3) is 0.235. The Balaban J connectivity index is 1.84. The van der Waals surface area contributed by atoms with Gasteiger partial charge in [-0.3, -0.25) is 4.79 Å². The number of carbonyl (C=O) groups is 1. The highest BCUT2D eigenvalue weighted by molar-refractivity contribution is 5.81. The highest BCUT2D eigenvalue weighted by Crippen LogP contribution is 2.12. The average molecular weight is 284 g/mol. The Labute approximate surface area is 124 Å². The van der Waals surface area contributed by atoms with E-state index < -0.39 is 6.04 Å². The van der Waals surface area contributed by atoms with Gasteiger partial charge in [0.05, 0.1) is 13.2 Å². The molecule has 21 heavy (non-hydrogen) atoms. The van der Waals surface area contributed by atoms with Gasteiger partial charge in [0, 0.05) is 6.54 Å². The van der Waals surface area contributed by atoms with E-state index in [-0.39, 0.29) is 5.91 Å². The number of amides is 1. The van der Waals surface area contributed by atoms with Gasteiger partial charge in [-0.05, 0) is 29.7 Å². The number of rotatable bonds is 6. The Kier molecular flexibility index (Phi) is 5.35. The molecule has 0 radical (unpaired) electrons. The molecule has 0 aromatic heterocycles. The molecule has 0 aliphatic carbocycles. The summed E-state index contributed by atoms with van der Waals surface area (Å²) in [5, 5.41) is 2.85. The lowest BCUT2D eigenvalue weighted by Crippen LogP contribution is -2.41. The van der Waals surface area contributed by atoms with E-state index in [0.717, 1.165) is 16.9 Å². The van der Waals surface area contributed by atoms with Crippen molar-refractivity contribution in [2.24, 2.45) is 5.73 Å². The predicted molar refractivity (Wildman–Crippen MR) is 83.0 cm³/mol. The van der Waals surface area contributed by atoms with Crippen molar-refractivity contribution in [3.63, 3.8) is 0 Å². The summed E-state index contributed by atoms with van der Waals surface area (Å²) < 4.78 is 5.10. The first kappa shape index (κ1) is 15.1. The van der Waals surface area contributed by atoms with Crippen LogP contribution in [-0.2, 0) is 17.8 Å². The van der Waals surface area contributed by atoms with Gasteiger partial charge in [-0.15, -0.1) is 0 Å². The first-order valence-corrected chi connectivity index (χ1v) is 6.89. The number of benzene rings is 2. The molecule has 0 saturated heterocycles. The maximum absolute atomic E-state index is 12.0. The number of carbonyl (C=O) groups excluding carboxylic acids is 1. The number of methoxy groups -OCH3 is 1. The second-order valence-electron chi connectivity index (χ2n) is 4.86. The van der Waals surface area contributed by atoms with Crippen LogP contribution >= 0.6 is 0 Å². The van der Waals surface area contributed by atoms with Gasteiger partial charge in [0.15, 0.2) is 0 Å². The zero-order valence-corrected chi connectivity index (χ0v) is 12.1. The van der Waals surface area contributed by atoms with Gasteiger partial charge in [0.2, 0.25) is 5.91 Å². The Morgan fingerprint density at radius 1 is 1.10 bits per heavy atom. The topological polar surface area (TPSA) is 64.3 Å². The van der Waals surface area contributed by atoms with E-state index in [4.69, 9.17) is 10.5 Å². The van der Waals surface area contributed by atoms with E-state index in [1.54, 1.807) is 7.11 Å². The molecule has 0 bridgehead atoms. The molecule has 1 atom stereocenters. The summed E-state index contributed by atoms with van der Waals surface area (Å²) in [6.45, 7) is 0.496. The van der Waals surface area contributed by atoms with E-state index in [2.05, 4.69) is 5.32 Å². The Morgan fingerprint density at radius 3 is 2.38 bits per heavy atom. The molecule has 110 valence electrons. The average Bonchev–Trinajstić information content (AvgIpc) is 2.54. The number of ether oxygens (including phenoxy) is 1. The van der Waals surface area contributed by atoms with Crippen LogP contribution in [-0.4, -0.2) is 19.1 Å². The number of nitrogens with one attached hydrogen (secondary N) is 1. The second-order valence-corrected chi connectivity index (χ2v) is 4.86. The molecular formula is C17H20N2O2. The van der Waals surface area contributed by atoms with Crippen molar-refractivity contribution in [1.29, 1.82) is 0 Å². The number of nitrogens with two attached hydrogens (primary N) is 1. The van der Waals surface area contributed by atoms with Gasteiger partial charge in [0.25, 0.3) is 0 Å². The number of hydrogen-bond donors (Lipinski definition) is 2. The summed E-state index contributed by atoms with van der Waals surface area (Å²) >= 11 is 0. The van der Waals surface area contributed by atoms with Crippen LogP contribution in [0.5, 0.6) is 5.75 Å². The molecule has 2 rings (SSSR count). The first-order valence-electron chi connectivity index (χ1n) is 6.89. The molecule has 2 aromatic carbocycles. The van der Waals surface area contributed by atoms with Gasteiger partial charge in [0.1, 0.15) is 5.75 Å². The quantitative estimate of drug-likeness (QED) is 0.851. The standard InChI is InChI=1S/C17H20N2O2/c1-21-15-9-7-13(8-10-15)11-16(18)17(20)19-12-14-5-3-2-4-6-14/h2-10,16H,11-12,18H2,1H3,(H,19,20)/t16-/m1/s1. The predicted octanol–water partition coefficient (Wildman–Crippen LogP) is 1.88. The molecule has 0 aliphatic rings. The van der Waals surface area contributed by atoms with E-state index in [0.29, 0.717) is 13.0 Å². The molecule has 0 aliphatic heterocycles. The van der Waals surface area contributed by atoms with E-state index in [1.165, 1.54) is 0 Å². The van der Waals surface area contributed by atoms with Crippen molar-refractivity contribution in [2.75, 3.05) is 7.11 Å². The van der Waals surface area contributed by atoms with Crippen LogP contribution < -0.4 is 15.8 Å². The van der Waals surface area contributed by atoms with Crippen LogP contribution in [0.1, 0.15) is 11.1 Å². The lowest BCUT2D eigenvalue weighted by molar-refractivity contribution is -0.122. The van der Waals surface area contributed by atoms with Crippen molar-refractivity contribution in [3.05, 3.63) is 65.7 Å². The molecule has 0 spiro atoms. The first-order chi connectivity index (χ1) is 10.2. The van der Waals surface area contributed by atoms with Crippen molar-refractivity contribution in [2.45, 2.75) is 19.0 Å². The minimum absolute atomic E-state index is 0.144. The Bertz CT molecular complexity index is 567. The fourth-order valence-corrected chi connectivity index (χ4v) is 2.02. The SMILES string of the molecule is COc1ccc(C[C@@H](N)C(=O)NCc2ccccc2)cc1. The van der Waals surface area contributed by atoms with Gasteiger partial charge in [-0.1, -0.05) is 42.5 Å². The van der Waals surface area contributed by atoms with Gasteiger partial charge in [-0.2, -0.15) is 0 Å². The molecule has 0 unspecified atom stereocenters. The maximum Gasteiger partial charge on any atom is 0.237 e. The smallest absolute Gasteiger partial charge is 0.237 e. The number of hydrogen-bond acceptors (Lipinski definition) is 3. The minimum atomic E-state index is -0.554. The van der Waals surface area contributed by atoms with Crippen molar-refractivity contribution in [1.82, 2.24) is 5.32 Å². The lowest BCUT2D eigenvalue weighted by Gasteiger charge is -2.12. The molecule has 3 N–H and O–H groups in total. The van der Waals surface area contributed by atoms with Gasteiger partial charge >= 0.3 is 0 Å². The fourth-order valence-electron chi connectivity index (χ4n) is 2.02. The van der Waals surface area contributed by atoms with E-state index >= 15 is 0 Å². The normalized spacial score (nSPS) is 11.7. The lowest BCUT2D eigenvalue weighted by atomic mass is 10.1. The van der Waals surface area contributed by atoms with Gasteiger partial charge < -0.3 is 15.8 Å². The van der Waals surface area contributed by atoms with Crippen molar-refractivity contribution >= 4 is 5.91 Å².